The predicted octanol–water partition coefficient (Wildman–Crippen LogP) is 5.10. The molecule has 0 N–H and O–H groups in total. The van der Waals surface area contributed by atoms with Gasteiger partial charge in [-0.25, -0.2) is 8.78 Å². The lowest BCUT2D eigenvalue weighted by Gasteiger charge is -2.02. The highest BCUT2D eigenvalue weighted by atomic mass is 19.1. The summed E-state index contributed by atoms with van der Waals surface area (Å²) in [5, 5.41) is 0. The van der Waals surface area contributed by atoms with Crippen molar-refractivity contribution in [1.82, 2.24) is 0 Å². The summed E-state index contributed by atoms with van der Waals surface area (Å²) in [6.45, 7) is 2.14. The molecule has 0 aromatic heterocycles. The summed E-state index contributed by atoms with van der Waals surface area (Å²) in [4.78, 5) is 0. The lowest BCUT2D eigenvalue weighted by atomic mass is 10.0. The van der Waals surface area contributed by atoms with Crippen LogP contribution < -0.4 is 0 Å². The zero-order chi connectivity index (χ0) is 15.1. The fourth-order valence-electron chi connectivity index (χ4n) is 2.10. The zero-order valence-electron chi connectivity index (χ0n) is 12.1. The Kier molecular flexibility index (Phi) is 5.51. The van der Waals surface area contributed by atoms with Crippen LogP contribution in [0.1, 0.15) is 42.9 Å². The molecule has 0 heterocycles. The van der Waals surface area contributed by atoms with E-state index in [1.807, 2.05) is 6.07 Å². The van der Waals surface area contributed by atoms with Crippen molar-refractivity contribution in [3.05, 3.63) is 70.8 Å². The second-order valence-corrected chi connectivity index (χ2v) is 5.03. The van der Waals surface area contributed by atoms with Crippen LogP contribution in [-0.2, 0) is 6.42 Å². The summed E-state index contributed by atoms with van der Waals surface area (Å²) >= 11 is 0. The van der Waals surface area contributed by atoms with Crippen molar-refractivity contribution in [3.8, 4) is 11.8 Å². The van der Waals surface area contributed by atoms with E-state index in [0.717, 1.165) is 31.2 Å². The molecule has 0 radical (unpaired) electrons. The first-order chi connectivity index (χ1) is 10.2. The number of unbranched alkanes of at least 4 members (excludes halogenated alkanes) is 2. The van der Waals surface area contributed by atoms with Gasteiger partial charge in [-0.15, -0.1) is 0 Å². The Hall–Kier alpha value is -2.14. The van der Waals surface area contributed by atoms with Crippen LogP contribution in [0.15, 0.2) is 42.5 Å². The third-order valence-corrected chi connectivity index (χ3v) is 3.27. The summed E-state index contributed by atoms with van der Waals surface area (Å²) < 4.78 is 27.0. The standard InChI is InChI=1S/C19H18F2/c1-2-3-4-6-16-10-12-17(19(21)14-16)11-9-15-7-5-8-18(20)13-15/h5,7-8,10,12-14H,2-4,6H2,1H3. The first-order valence-electron chi connectivity index (χ1n) is 7.25. The molecule has 0 fully saturated rings. The molecule has 0 amide bonds. The topological polar surface area (TPSA) is 0 Å². The summed E-state index contributed by atoms with van der Waals surface area (Å²) in [5.74, 6) is 4.89. The third-order valence-electron chi connectivity index (χ3n) is 3.27. The van der Waals surface area contributed by atoms with Crippen molar-refractivity contribution in [3.63, 3.8) is 0 Å². The minimum absolute atomic E-state index is 0.312. The lowest BCUT2D eigenvalue weighted by molar-refractivity contribution is 0.619. The second-order valence-electron chi connectivity index (χ2n) is 5.03. The Morgan fingerprint density at radius 2 is 1.81 bits per heavy atom. The quantitative estimate of drug-likeness (QED) is 0.541. The maximum atomic E-state index is 14.0. The highest BCUT2D eigenvalue weighted by Gasteiger charge is 2.01. The summed E-state index contributed by atoms with van der Waals surface area (Å²) in [6.07, 6.45) is 4.27. The highest BCUT2D eigenvalue weighted by Crippen LogP contribution is 2.13. The summed E-state index contributed by atoms with van der Waals surface area (Å²) in [7, 11) is 0. The molecule has 0 spiro atoms. The van der Waals surface area contributed by atoms with Crippen LogP contribution in [0.5, 0.6) is 0 Å². The van der Waals surface area contributed by atoms with Gasteiger partial charge in [-0.05, 0) is 48.7 Å². The van der Waals surface area contributed by atoms with Gasteiger partial charge in [0.2, 0.25) is 0 Å². The highest BCUT2D eigenvalue weighted by molar-refractivity contribution is 5.44. The van der Waals surface area contributed by atoms with Crippen molar-refractivity contribution >= 4 is 0 Å². The zero-order valence-corrected chi connectivity index (χ0v) is 12.1. The minimum atomic E-state index is -0.339. The van der Waals surface area contributed by atoms with Gasteiger partial charge in [0.15, 0.2) is 0 Å². The predicted molar refractivity (Wildman–Crippen MR) is 82.0 cm³/mol. The van der Waals surface area contributed by atoms with E-state index in [4.69, 9.17) is 0 Å². The van der Waals surface area contributed by atoms with E-state index in [9.17, 15) is 8.78 Å². The molecule has 0 nitrogen and oxygen atoms in total. The van der Waals surface area contributed by atoms with Gasteiger partial charge in [-0.3, -0.25) is 0 Å². The van der Waals surface area contributed by atoms with E-state index < -0.39 is 0 Å². The SMILES string of the molecule is CCCCCc1ccc(C#Cc2cccc(F)c2)c(F)c1. The summed E-state index contributed by atoms with van der Waals surface area (Å²) in [6, 6.07) is 11.1. The Morgan fingerprint density at radius 1 is 0.952 bits per heavy atom. The van der Waals surface area contributed by atoms with Crippen molar-refractivity contribution in [2.45, 2.75) is 32.6 Å². The van der Waals surface area contributed by atoms with Crippen molar-refractivity contribution in [2.75, 3.05) is 0 Å². The molecule has 2 aromatic carbocycles. The largest absolute Gasteiger partial charge is 0.207 e. The number of halogens is 2. The van der Waals surface area contributed by atoms with Crippen LogP contribution in [0.25, 0.3) is 0 Å². The van der Waals surface area contributed by atoms with E-state index in [1.165, 1.54) is 12.1 Å². The van der Waals surface area contributed by atoms with Crippen LogP contribution in [0, 0.1) is 23.5 Å². The molecule has 0 bridgehead atoms. The smallest absolute Gasteiger partial charge is 0.139 e. The molecule has 0 aliphatic heterocycles. The Balaban J connectivity index is 2.11. The second kappa shape index (κ2) is 7.59. The van der Waals surface area contributed by atoms with Crippen LogP contribution in [0.4, 0.5) is 8.78 Å². The van der Waals surface area contributed by atoms with Gasteiger partial charge in [0.05, 0.1) is 5.56 Å². The lowest BCUT2D eigenvalue weighted by Crippen LogP contribution is -1.90. The van der Waals surface area contributed by atoms with E-state index >= 15 is 0 Å². The van der Waals surface area contributed by atoms with E-state index in [-0.39, 0.29) is 11.6 Å². The van der Waals surface area contributed by atoms with Gasteiger partial charge in [0.1, 0.15) is 11.6 Å². The van der Waals surface area contributed by atoms with Crippen molar-refractivity contribution in [1.29, 1.82) is 0 Å². The van der Waals surface area contributed by atoms with E-state index in [2.05, 4.69) is 18.8 Å². The van der Waals surface area contributed by atoms with Gasteiger partial charge in [0, 0.05) is 5.56 Å². The normalized spacial score (nSPS) is 10.0. The molecule has 2 aromatic rings. The minimum Gasteiger partial charge on any atom is -0.207 e. The van der Waals surface area contributed by atoms with Crippen molar-refractivity contribution < 1.29 is 8.78 Å². The monoisotopic (exact) mass is 284 g/mol. The molecule has 0 aliphatic rings. The molecule has 0 saturated carbocycles. The average Bonchev–Trinajstić information content (AvgIpc) is 2.47. The molecular formula is C19H18F2. The van der Waals surface area contributed by atoms with Crippen LogP contribution in [0.3, 0.4) is 0 Å². The van der Waals surface area contributed by atoms with Crippen LogP contribution >= 0.6 is 0 Å². The van der Waals surface area contributed by atoms with Gasteiger partial charge in [0.25, 0.3) is 0 Å². The number of aryl methyl sites for hydroxylation is 1. The number of hydrogen-bond acceptors (Lipinski definition) is 0. The number of benzene rings is 2. The molecule has 2 rings (SSSR count). The van der Waals surface area contributed by atoms with E-state index in [0.29, 0.717) is 11.1 Å². The fraction of sp³-hybridized carbons (Fsp3) is 0.263. The third kappa shape index (κ3) is 4.72. The van der Waals surface area contributed by atoms with Gasteiger partial charge in [-0.2, -0.15) is 0 Å². The number of hydrogen-bond donors (Lipinski definition) is 0. The average molecular weight is 284 g/mol. The fourth-order valence-corrected chi connectivity index (χ4v) is 2.10. The first kappa shape index (κ1) is 15.3. The summed E-state index contributed by atoms with van der Waals surface area (Å²) in [5.41, 5.74) is 1.89. The molecular weight excluding hydrogens is 266 g/mol. The van der Waals surface area contributed by atoms with Crippen LogP contribution in [-0.4, -0.2) is 0 Å². The molecule has 2 heteroatoms. The van der Waals surface area contributed by atoms with Gasteiger partial charge >= 0.3 is 0 Å². The molecule has 108 valence electrons. The van der Waals surface area contributed by atoms with Gasteiger partial charge < -0.3 is 0 Å². The maximum absolute atomic E-state index is 14.0. The van der Waals surface area contributed by atoms with Gasteiger partial charge in [-0.1, -0.05) is 43.7 Å². The molecule has 21 heavy (non-hydrogen) atoms. The Morgan fingerprint density at radius 3 is 2.52 bits per heavy atom. The Labute approximate surface area is 124 Å². The molecule has 0 atom stereocenters. The number of rotatable bonds is 4. The molecule has 0 aliphatic carbocycles. The first-order valence-corrected chi connectivity index (χ1v) is 7.25. The van der Waals surface area contributed by atoms with Crippen LogP contribution in [0.2, 0.25) is 0 Å². The van der Waals surface area contributed by atoms with E-state index in [1.54, 1.807) is 24.3 Å². The maximum Gasteiger partial charge on any atom is 0.139 e. The molecule has 0 unspecified atom stereocenters. The van der Waals surface area contributed by atoms with Crippen molar-refractivity contribution in [2.24, 2.45) is 0 Å². The molecule has 0 saturated heterocycles. The Bertz CT molecular complexity index is 663.